The van der Waals surface area contributed by atoms with Crippen molar-refractivity contribution in [2.24, 2.45) is 0 Å². The minimum atomic E-state index is -0.501. The van der Waals surface area contributed by atoms with Crippen LogP contribution in [0.5, 0.6) is 5.88 Å². The minimum Gasteiger partial charge on any atom is -0.471 e. The molecule has 2 amide bonds. The van der Waals surface area contributed by atoms with E-state index in [9.17, 15) is 9.59 Å². The third kappa shape index (κ3) is 6.69. The van der Waals surface area contributed by atoms with Crippen LogP contribution >= 0.6 is 0 Å². The number of piperidine rings is 1. The number of fused-ring (bicyclic) bond motifs is 1. The number of benzene rings is 2. The zero-order valence-electron chi connectivity index (χ0n) is 22.7. The van der Waals surface area contributed by atoms with Gasteiger partial charge in [-0.05, 0) is 62.9 Å². The lowest BCUT2D eigenvalue weighted by atomic mass is 9.83. The van der Waals surface area contributed by atoms with Gasteiger partial charge in [-0.2, -0.15) is 0 Å². The van der Waals surface area contributed by atoms with Crippen LogP contribution in [0.15, 0.2) is 66.9 Å². The predicted octanol–water partition coefficient (Wildman–Crippen LogP) is 6.59. The van der Waals surface area contributed by atoms with Crippen LogP contribution in [-0.4, -0.2) is 46.4 Å². The monoisotopic (exact) mass is 529 g/mol. The van der Waals surface area contributed by atoms with Gasteiger partial charge in [-0.1, -0.05) is 42.5 Å². The van der Waals surface area contributed by atoms with Crippen molar-refractivity contribution in [1.82, 2.24) is 9.88 Å². The molecule has 0 atom stereocenters. The quantitative estimate of drug-likeness (QED) is 0.410. The fraction of sp³-hybridized carbons (Fsp3) is 0.387. The Morgan fingerprint density at radius 1 is 1.00 bits per heavy atom. The summed E-state index contributed by atoms with van der Waals surface area (Å²) in [5.41, 5.74) is 3.88. The molecule has 204 valence electrons. The number of nitrogens with zero attached hydrogens (tertiary/aromatic N) is 2. The number of hydrogen-bond donors (Lipinski definition) is 1. The number of carbonyl (C=O) groups excluding carboxylic acids is 2. The van der Waals surface area contributed by atoms with Gasteiger partial charge in [0.15, 0.2) is 0 Å². The van der Waals surface area contributed by atoms with Crippen LogP contribution in [0.3, 0.4) is 0 Å². The average Bonchev–Trinajstić information content (AvgIpc) is 2.92. The van der Waals surface area contributed by atoms with E-state index in [1.807, 2.05) is 81.6 Å². The van der Waals surface area contributed by atoms with Crippen molar-refractivity contribution >= 4 is 17.9 Å². The molecule has 1 saturated heterocycles. The molecule has 5 rings (SSSR count). The molecule has 3 heterocycles. The predicted molar refractivity (Wildman–Crippen MR) is 149 cm³/mol. The number of pyridine rings is 1. The van der Waals surface area contributed by atoms with Gasteiger partial charge >= 0.3 is 12.2 Å². The zero-order valence-corrected chi connectivity index (χ0v) is 22.7. The van der Waals surface area contributed by atoms with E-state index >= 15 is 0 Å². The van der Waals surface area contributed by atoms with Crippen molar-refractivity contribution in [3.05, 3.63) is 78.0 Å². The van der Waals surface area contributed by atoms with Gasteiger partial charge in [0.2, 0.25) is 5.88 Å². The molecule has 2 aromatic carbocycles. The van der Waals surface area contributed by atoms with Gasteiger partial charge < -0.3 is 19.1 Å². The van der Waals surface area contributed by atoms with Gasteiger partial charge in [-0.15, -0.1) is 0 Å². The summed E-state index contributed by atoms with van der Waals surface area (Å²) >= 11 is 0. The van der Waals surface area contributed by atoms with E-state index in [0.717, 1.165) is 47.9 Å². The Balaban J connectivity index is 1.16. The molecule has 8 heteroatoms. The average molecular weight is 530 g/mol. The Hall–Kier alpha value is -4.07. The first-order valence-corrected chi connectivity index (χ1v) is 13.4. The van der Waals surface area contributed by atoms with Crippen LogP contribution in [0.2, 0.25) is 0 Å². The number of ether oxygens (including phenoxy) is 3. The summed E-state index contributed by atoms with van der Waals surface area (Å²) in [7, 11) is 0. The van der Waals surface area contributed by atoms with Crippen LogP contribution < -0.4 is 10.1 Å². The van der Waals surface area contributed by atoms with Crippen molar-refractivity contribution in [2.75, 3.05) is 18.4 Å². The van der Waals surface area contributed by atoms with Gasteiger partial charge in [0, 0.05) is 48.9 Å². The standard InChI is InChI=1S/C31H35N3O5/c1-30(2,3)39-29(36)34-17-15-31(16-18-34)14-13-24-19-25(20-32-27(24)38-31)23-9-11-26(12-10-23)33-28(35)37-21-22-7-5-4-6-8-22/h4-12,19-20H,13-18,21H2,1-3H3,(H,33,35). The van der Waals surface area contributed by atoms with E-state index in [4.69, 9.17) is 14.2 Å². The SMILES string of the molecule is CC(C)(C)OC(=O)N1CCC2(CCc3cc(-c4ccc(NC(=O)OCc5ccccc5)cc4)cnc3O2)CC1. The van der Waals surface area contributed by atoms with Crippen molar-refractivity contribution in [2.45, 2.75) is 64.3 Å². The van der Waals surface area contributed by atoms with Gasteiger partial charge in [0.25, 0.3) is 0 Å². The highest BCUT2D eigenvalue weighted by molar-refractivity contribution is 5.85. The van der Waals surface area contributed by atoms with Crippen molar-refractivity contribution in [3.63, 3.8) is 0 Å². The number of carbonyl (C=O) groups is 2. The number of hydrogen-bond acceptors (Lipinski definition) is 6. The number of likely N-dealkylation sites (tertiary alicyclic amines) is 1. The van der Waals surface area contributed by atoms with Gasteiger partial charge in [0.1, 0.15) is 17.8 Å². The maximum atomic E-state index is 12.4. The first kappa shape index (κ1) is 26.5. The third-order valence-corrected chi connectivity index (χ3v) is 7.09. The number of amides is 2. The minimum absolute atomic E-state index is 0.219. The molecule has 1 N–H and O–H groups in total. The molecule has 2 aliphatic rings. The maximum absolute atomic E-state index is 12.4. The second-order valence-corrected chi connectivity index (χ2v) is 11.2. The zero-order chi connectivity index (χ0) is 27.5. The lowest BCUT2D eigenvalue weighted by molar-refractivity contribution is -0.0296. The first-order chi connectivity index (χ1) is 18.7. The van der Waals surface area contributed by atoms with Gasteiger partial charge in [-0.25, -0.2) is 14.6 Å². The van der Waals surface area contributed by atoms with Crippen LogP contribution in [0, 0.1) is 0 Å². The summed E-state index contributed by atoms with van der Waals surface area (Å²) in [4.78, 5) is 31.0. The summed E-state index contributed by atoms with van der Waals surface area (Å²) in [6.07, 6.45) is 4.35. The second-order valence-electron chi connectivity index (χ2n) is 11.2. The fourth-order valence-electron chi connectivity index (χ4n) is 4.94. The Labute approximate surface area is 229 Å². The van der Waals surface area contributed by atoms with Crippen molar-refractivity contribution < 1.29 is 23.8 Å². The molecular formula is C31H35N3O5. The third-order valence-electron chi connectivity index (χ3n) is 7.09. The second kappa shape index (κ2) is 11.0. The molecule has 2 aliphatic heterocycles. The van der Waals surface area contributed by atoms with Gasteiger partial charge in [0.05, 0.1) is 0 Å². The Morgan fingerprint density at radius 3 is 2.41 bits per heavy atom. The molecule has 1 spiro atoms. The van der Waals surface area contributed by atoms with E-state index in [2.05, 4.69) is 16.4 Å². The normalized spacial score (nSPS) is 16.1. The largest absolute Gasteiger partial charge is 0.471 e. The smallest absolute Gasteiger partial charge is 0.411 e. The summed E-state index contributed by atoms with van der Waals surface area (Å²) in [5.74, 6) is 0.676. The molecule has 0 aliphatic carbocycles. The number of rotatable bonds is 4. The molecule has 0 saturated carbocycles. The molecule has 39 heavy (non-hydrogen) atoms. The molecule has 1 fully saturated rings. The highest BCUT2D eigenvalue weighted by Crippen LogP contribution is 2.39. The molecule has 0 unspecified atom stereocenters. The van der Waals surface area contributed by atoms with E-state index in [1.165, 1.54) is 0 Å². The number of aryl methyl sites for hydroxylation is 1. The number of anilines is 1. The summed E-state index contributed by atoms with van der Waals surface area (Å²) in [5, 5.41) is 2.77. The van der Waals surface area contributed by atoms with E-state index in [-0.39, 0.29) is 18.3 Å². The summed E-state index contributed by atoms with van der Waals surface area (Å²) in [6, 6.07) is 19.3. The molecule has 0 radical (unpaired) electrons. The molecule has 3 aromatic rings. The molecule has 0 bridgehead atoms. The van der Waals surface area contributed by atoms with Gasteiger partial charge in [-0.3, -0.25) is 5.32 Å². The van der Waals surface area contributed by atoms with E-state index in [1.54, 1.807) is 4.90 Å². The molecule has 1 aromatic heterocycles. The lowest BCUT2D eigenvalue weighted by Crippen LogP contribution is -2.52. The van der Waals surface area contributed by atoms with E-state index in [0.29, 0.717) is 24.7 Å². The van der Waals surface area contributed by atoms with Crippen molar-refractivity contribution in [1.29, 1.82) is 0 Å². The van der Waals surface area contributed by atoms with Crippen LogP contribution in [0.4, 0.5) is 15.3 Å². The fourth-order valence-corrected chi connectivity index (χ4v) is 4.94. The maximum Gasteiger partial charge on any atom is 0.411 e. The van der Waals surface area contributed by atoms with E-state index < -0.39 is 11.7 Å². The summed E-state index contributed by atoms with van der Waals surface area (Å²) < 4.78 is 17.3. The molecular weight excluding hydrogens is 494 g/mol. The Morgan fingerprint density at radius 2 is 1.72 bits per heavy atom. The van der Waals surface area contributed by atoms with Crippen molar-refractivity contribution in [3.8, 4) is 17.0 Å². The van der Waals surface area contributed by atoms with Crippen LogP contribution in [0.1, 0.15) is 51.2 Å². The Kier molecular flexibility index (Phi) is 7.46. The highest BCUT2D eigenvalue weighted by atomic mass is 16.6. The first-order valence-electron chi connectivity index (χ1n) is 13.4. The van der Waals surface area contributed by atoms with Crippen LogP contribution in [-0.2, 0) is 22.5 Å². The highest BCUT2D eigenvalue weighted by Gasteiger charge is 2.41. The molecule has 8 nitrogen and oxygen atoms in total. The lowest BCUT2D eigenvalue weighted by Gasteiger charge is -2.44. The Bertz CT molecular complexity index is 1310. The number of aromatic nitrogens is 1. The topological polar surface area (TPSA) is 90.0 Å². The number of nitrogens with one attached hydrogen (secondary N) is 1. The van der Waals surface area contributed by atoms with Crippen LogP contribution in [0.25, 0.3) is 11.1 Å². The summed E-state index contributed by atoms with van der Waals surface area (Å²) in [6.45, 7) is 7.09.